The smallest absolute Gasteiger partial charge is 0.0700 e. The Morgan fingerprint density at radius 3 is 2.88 bits per heavy atom. The van der Waals surface area contributed by atoms with Crippen molar-refractivity contribution in [3.05, 3.63) is 0 Å². The average Bonchev–Trinajstić information content (AvgIpc) is 2.82. The minimum absolute atomic E-state index is 0.473. The van der Waals surface area contributed by atoms with Crippen LogP contribution >= 0.6 is 0 Å². The highest BCUT2D eigenvalue weighted by Gasteiger charge is 2.23. The summed E-state index contributed by atoms with van der Waals surface area (Å²) in [6.07, 6.45) is 7.11. The zero-order valence-corrected chi connectivity index (χ0v) is 11.5. The van der Waals surface area contributed by atoms with Gasteiger partial charge in [-0.2, -0.15) is 0 Å². The molecule has 3 unspecified atom stereocenters. The first-order valence-corrected chi connectivity index (χ1v) is 7.35. The molecule has 2 aliphatic heterocycles. The van der Waals surface area contributed by atoms with E-state index in [1.807, 2.05) is 0 Å². The van der Waals surface area contributed by atoms with Crippen LogP contribution in [0.3, 0.4) is 0 Å². The van der Waals surface area contributed by atoms with Gasteiger partial charge in [-0.05, 0) is 46.1 Å². The zero-order valence-electron chi connectivity index (χ0n) is 11.5. The topological polar surface area (TPSA) is 24.5 Å². The van der Waals surface area contributed by atoms with Crippen molar-refractivity contribution in [1.29, 1.82) is 0 Å². The molecule has 3 atom stereocenters. The lowest BCUT2D eigenvalue weighted by Crippen LogP contribution is -2.48. The third-order valence-corrected chi connectivity index (χ3v) is 4.26. The van der Waals surface area contributed by atoms with Crippen LogP contribution in [0, 0.1) is 0 Å². The largest absolute Gasteiger partial charge is 0.377 e. The molecule has 0 spiro atoms. The Labute approximate surface area is 106 Å². The quantitative estimate of drug-likeness (QED) is 0.795. The van der Waals surface area contributed by atoms with Crippen molar-refractivity contribution in [1.82, 2.24) is 10.2 Å². The van der Waals surface area contributed by atoms with E-state index in [0.717, 1.165) is 25.7 Å². The second kappa shape index (κ2) is 6.72. The molecule has 0 aromatic carbocycles. The molecule has 0 saturated carbocycles. The highest BCUT2D eigenvalue weighted by molar-refractivity contribution is 4.79. The van der Waals surface area contributed by atoms with E-state index in [2.05, 4.69) is 24.1 Å². The van der Waals surface area contributed by atoms with E-state index in [9.17, 15) is 0 Å². The van der Waals surface area contributed by atoms with E-state index in [4.69, 9.17) is 4.74 Å². The van der Waals surface area contributed by atoms with Crippen LogP contribution < -0.4 is 5.32 Å². The van der Waals surface area contributed by atoms with Gasteiger partial charge in [0.15, 0.2) is 0 Å². The highest BCUT2D eigenvalue weighted by atomic mass is 16.5. The highest BCUT2D eigenvalue weighted by Crippen LogP contribution is 2.18. The molecule has 3 heteroatoms. The van der Waals surface area contributed by atoms with E-state index in [0.29, 0.717) is 12.1 Å². The van der Waals surface area contributed by atoms with Crippen molar-refractivity contribution >= 4 is 0 Å². The van der Waals surface area contributed by atoms with Gasteiger partial charge in [0.1, 0.15) is 0 Å². The maximum absolute atomic E-state index is 5.63. The number of ether oxygens (including phenoxy) is 1. The van der Waals surface area contributed by atoms with Gasteiger partial charge in [-0.25, -0.2) is 0 Å². The fourth-order valence-corrected chi connectivity index (χ4v) is 3.15. The zero-order chi connectivity index (χ0) is 12.1. The number of likely N-dealkylation sites (tertiary alicyclic amines) is 1. The van der Waals surface area contributed by atoms with Crippen molar-refractivity contribution in [3.8, 4) is 0 Å². The molecule has 0 amide bonds. The Bertz CT molecular complexity index is 216. The SMILES string of the molecule is CC1CCCCN1C(C)CNCC1CCCO1. The van der Waals surface area contributed by atoms with Crippen LogP contribution in [0.15, 0.2) is 0 Å². The van der Waals surface area contributed by atoms with E-state index < -0.39 is 0 Å². The maximum atomic E-state index is 5.63. The number of nitrogens with zero attached hydrogens (tertiary/aromatic N) is 1. The number of hydrogen-bond acceptors (Lipinski definition) is 3. The lowest BCUT2D eigenvalue weighted by atomic mass is 10.0. The molecule has 0 aromatic heterocycles. The van der Waals surface area contributed by atoms with Crippen molar-refractivity contribution in [2.75, 3.05) is 26.2 Å². The summed E-state index contributed by atoms with van der Waals surface area (Å²) in [5.41, 5.74) is 0. The summed E-state index contributed by atoms with van der Waals surface area (Å²) >= 11 is 0. The van der Waals surface area contributed by atoms with E-state index >= 15 is 0 Å². The van der Waals surface area contributed by atoms with Gasteiger partial charge >= 0.3 is 0 Å². The Morgan fingerprint density at radius 2 is 2.18 bits per heavy atom. The average molecular weight is 240 g/mol. The summed E-state index contributed by atoms with van der Waals surface area (Å²) in [4.78, 5) is 2.66. The van der Waals surface area contributed by atoms with Crippen LogP contribution in [0.1, 0.15) is 46.0 Å². The summed E-state index contributed by atoms with van der Waals surface area (Å²) in [6, 6.07) is 1.43. The van der Waals surface area contributed by atoms with Crippen molar-refractivity contribution in [3.63, 3.8) is 0 Å². The minimum atomic E-state index is 0.473. The Hall–Kier alpha value is -0.120. The first-order chi connectivity index (χ1) is 8.27. The van der Waals surface area contributed by atoms with Crippen molar-refractivity contribution in [2.24, 2.45) is 0 Å². The second-order valence-corrected chi connectivity index (χ2v) is 5.72. The molecule has 2 fully saturated rings. The standard InChI is InChI=1S/C14H28N2O/c1-12-6-3-4-8-16(12)13(2)10-15-11-14-7-5-9-17-14/h12-15H,3-11H2,1-2H3. The molecule has 100 valence electrons. The fraction of sp³-hybridized carbons (Fsp3) is 1.00. The number of nitrogens with one attached hydrogen (secondary N) is 1. The van der Waals surface area contributed by atoms with Gasteiger partial charge in [0.2, 0.25) is 0 Å². The molecule has 0 aliphatic carbocycles. The predicted octanol–water partition coefficient (Wildman–Crippen LogP) is 2.02. The lowest BCUT2D eigenvalue weighted by Gasteiger charge is -2.38. The fourth-order valence-electron chi connectivity index (χ4n) is 3.15. The third kappa shape index (κ3) is 3.94. The van der Waals surface area contributed by atoms with Crippen LogP contribution in [-0.2, 0) is 4.74 Å². The molecule has 1 N–H and O–H groups in total. The number of rotatable bonds is 5. The molecule has 2 aliphatic rings. The van der Waals surface area contributed by atoms with E-state index in [1.165, 1.54) is 38.6 Å². The molecular weight excluding hydrogens is 212 g/mol. The van der Waals surface area contributed by atoms with Gasteiger partial charge in [0.25, 0.3) is 0 Å². The van der Waals surface area contributed by atoms with Gasteiger partial charge in [-0.15, -0.1) is 0 Å². The summed E-state index contributed by atoms with van der Waals surface area (Å²) in [7, 11) is 0. The number of hydrogen-bond donors (Lipinski definition) is 1. The van der Waals surface area contributed by atoms with Crippen LogP contribution in [0.4, 0.5) is 0 Å². The normalized spacial score (nSPS) is 32.8. The molecule has 3 nitrogen and oxygen atoms in total. The Balaban J connectivity index is 1.63. The second-order valence-electron chi connectivity index (χ2n) is 5.72. The Kier molecular flexibility index (Phi) is 5.26. The summed E-state index contributed by atoms with van der Waals surface area (Å²) in [5, 5.41) is 3.58. The first-order valence-electron chi connectivity index (χ1n) is 7.35. The van der Waals surface area contributed by atoms with Gasteiger partial charge in [-0.3, -0.25) is 4.90 Å². The van der Waals surface area contributed by atoms with Crippen LogP contribution in [-0.4, -0.2) is 49.3 Å². The molecule has 2 heterocycles. The van der Waals surface area contributed by atoms with Crippen LogP contribution in [0.5, 0.6) is 0 Å². The molecule has 2 saturated heterocycles. The third-order valence-electron chi connectivity index (χ3n) is 4.26. The molecule has 2 rings (SSSR count). The molecule has 17 heavy (non-hydrogen) atoms. The van der Waals surface area contributed by atoms with Gasteiger partial charge in [0.05, 0.1) is 6.10 Å². The van der Waals surface area contributed by atoms with E-state index in [-0.39, 0.29) is 0 Å². The molecular formula is C14H28N2O. The molecule has 0 radical (unpaired) electrons. The van der Waals surface area contributed by atoms with Crippen LogP contribution in [0.2, 0.25) is 0 Å². The van der Waals surface area contributed by atoms with Gasteiger partial charge < -0.3 is 10.1 Å². The Morgan fingerprint density at radius 1 is 1.29 bits per heavy atom. The maximum Gasteiger partial charge on any atom is 0.0700 e. The van der Waals surface area contributed by atoms with Crippen molar-refractivity contribution < 1.29 is 4.74 Å². The lowest BCUT2D eigenvalue weighted by molar-refractivity contribution is 0.0953. The molecule has 0 bridgehead atoms. The summed E-state index contributed by atoms with van der Waals surface area (Å²) in [5.74, 6) is 0. The van der Waals surface area contributed by atoms with Gasteiger partial charge in [-0.1, -0.05) is 6.42 Å². The summed E-state index contributed by atoms with van der Waals surface area (Å²) < 4.78 is 5.63. The van der Waals surface area contributed by atoms with Crippen LogP contribution in [0.25, 0.3) is 0 Å². The monoisotopic (exact) mass is 240 g/mol. The minimum Gasteiger partial charge on any atom is -0.377 e. The van der Waals surface area contributed by atoms with Crippen molar-refractivity contribution in [2.45, 2.75) is 64.1 Å². The predicted molar refractivity (Wildman–Crippen MR) is 71.3 cm³/mol. The summed E-state index contributed by atoms with van der Waals surface area (Å²) in [6.45, 7) is 9.10. The molecule has 0 aromatic rings. The van der Waals surface area contributed by atoms with E-state index in [1.54, 1.807) is 0 Å². The first kappa shape index (κ1) is 13.3. The number of piperidine rings is 1. The van der Waals surface area contributed by atoms with Gasteiger partial charge in [0, 0.05) is 31.8 Å².